The fourth-order valence-electron chi connectivity index (χ4n) is 3.96. The van der Waals surface area contributed by atoms with Gasteiger partial charge in [-0.15, -0.1) is 0 Å². The van der Waals surface area contributed by atoms with Crippen molar-refractivity contribution < 1.29 is 18.4 Å². The maximum atomic E-state index is 13.2. The SMILES string of the molecule is O=C(NCCn1ncc2c(NCc3ccco3)ncnc21)C1CC(=O)N(c2ccc(F)cc2)C1. The van der Waals surface area contributed by atoms with Gasteiger partial charge in [-0.1, -0.05) is 0 Å². The van der Waals surface area contributed by atoms with E-state index in [9.17, 15) is 14.0 Å². The minimum absolute atomic E-state index is 0.117. The number of amides is 2. The average Bonchev–Trinajstić information content (AvgIpc) is 3.59. The summed E-state index contributed by atoms with van der Waals surface area (Å²) in [5.74, 6) is 0.224. The Labute approximate surface area is 193 Å². The Bertz CT molecular complexity index is 1300. The lowest BCUT2D eigenvalue weighted by Gasteiger charge is -2.16. The zero-order chi connectivity index (χ0) is 23.5. The molecule has 10 nitrogen and oxygen atoms in total. The highest BCUT2D eigenvalue weighted by molar-refractivity contribution is 6.00. The van der Waals surface area contributed by atoms with Crippen molar-refractivity contribution in [2.24, 2.45) is 5.92 Å². The summed E-state index contributed by atoms with van der Waals surface area (Å²) in [5.41, 5.74) is 1.23. The van der Waals surface area contributed by atoms with E-state index in [-0.39, 0.29) is 30.6 Å². The van der Waals surface area contributed by atoms with Gasteiger partial charge in [0.1, 0.15) is 23.7 Å². The molecule has 0 radical (unpaired) electrons. The first-order valence-corrected chi connectivity index (χ1v) is 10.8. The van der Waals surface area contributed by atoms with E-state index in [1.165, 1.54) is 35.5 Å². The quantitative estimate of drug-likeness (QED) is 0.412. The lowest BCUT2D eigenvalue weighted by Crippen LogP contribution is -2.35. The topological polar surface area (TPSA) is 118 Å². The van der Waals surface area contributed by atoms with E-state index in [4.69, 9.17) is 4.42 Å². The third kappa shape index (κ3) is 4.45. The molecule has 2 amide bonds. The van der Waals surface area contributed by atoms with Gasteiger partial charge >= 0.3 is 0 Å². The van der Waals surface area contributed by atoms with Crippen LogP contribution in [0.5, 0.6) is 0 Å². The van der Waals surface area contributed by atoms with Gasteiger partial charge in [-0.25, -0.2) is 19.0 Å². The van der Waals surface area contributed by atoms with Gasteiger partial charge in [-0.3, -0.25) is 9.59 Å². The number of nitrogens with one attached hydrogen (secondary N) is 2. The van der Waals surface area contributed by atoms with Crippen molar-refractivity contribution in [3.63, 3.8) is 0 Å². The first kappa shape index (κ1) is 21.6. The van der Waals surface area contributed by atoms with Crippen LogP contribution in [0.3, 0.4) is 0 Å². The third-order valence-corrected chi connectivity index (χ3v) is 5.70. The Morgan fingerprint density at radius 2 is 2.06 bits per heavy atom. The molecule has 0 aliphatic carbocycles. The molecular weight excluding hydrogens is 441 g/mol. The van der Waals surface area contributed by atoms with Gasteiger partial charge < -0.3 is 20.0 Å². The molecule has 0 spiro atoms. The number of carbonyl (C=O) groups excluding carboxylic acids is 2. The van der Waals surface area contributed by atoms with Crippen LogP contribution in [0, 0.1) is 11.7 Å². The van der Waals surface area contributed by atoms with E-state index in [0.29, 0.717) is 36.8 Å². The van der Waals surface area contributed by atoms with E-state index < -0.39 is 5.92 Å². The van der Waals surface area contributed by atoms with Gasteiger partial charge in [-0.05, 0) is 36.4 Å². The van der Waals surface area contributed by atoms with Gasteiger partial charge in [0.15, 0.2) is 5.65 Å². The highest BCUT2D eigenvalue weighted by Crippen LogP contribution is 2.25. The van der Waals surface area contributed by atoms with Crippen molar-refractivity contribution in [2.45, 2.75) is 19.5 Å². The number of carbonyl (C=O) groups is 2. The summed E-state index contributed by atoms with van der Waals surface area (Å²) in [7, 11) is 0. The van der Waals surface area contributed by atoms with Crippen LogP contribution in [0.25, 0.3) is 11.0 Å². The Hall–Kier alpha value is -4.28. The lowest BCUT2D eigenvalue weighted by molar-refractivity contribution is -0.126. The summed E-state index contributed by atoms with van der Waals surface area (Å²) in [6.45, 7) is 1.48. The van der Waals surface area contributed by atoms with Crippen LogP contribution in [0.15, 0.2) is 59.6 Å². The highest BCUT2D eigenvalue weighted by atomic mass is 19.1. The first-order valence-electron chi connectivity index (χ1n) is 10.8. The molecule has 1 aliphatic heterocycles. The molecule has 1 saturated heterocycles. The van der Waals surface area contributed by atoms with Crippen LogP contribution in [-0.4, -0.2) is 44.7 Å². The minimum Gasteiger partial charge on any atom is -0.467 e. The van der Waals surface area contributed by atoms with Crippen LogP contribution in [0.2, 0.25) is 0 Å². The summed E-state index contributed by atoms with van der Waals surface area (Å²) in [6, 6.07) is 9.36. The molecule has 1 aliphatic rings. The van der Waals surface area contributed by atoms with E-state index in [2.05, 4.69) is 25.7 Å². The largest absolute Gasteiger partial charge is 0.467 e. The monoisotopic (exact) mass is 463 g/mol. The molecule has 3 aromatic heterocycles. The molecule has 1 unspecified atom stereocenters. The molecule has 4 heterocycles. The van der Waals surface area contributed by atoms with E-state index in [0.717, 1.165) is 11.1 Å². The molecule has 34 heavy (non-hydrogen) atoms. The second kappa shape index (κ2) is 9.30. The zero-order valence-corrected chi connectivity index (χ0v) is 18.1. The standard InChI is InChI=1S/C23H22FN7O3/c24-16-3-5-17(6-4-16)30-13-15(10-20(30)32)23(33)25-7-8-31-22-19(12-29-31)21(27-14-28-22)26-11-18-2-1-9-34-18/h1-6,9,12,14-15H,7-8,10-11,13H2,(H,25,33)(H,26,27,28). The summed E-state index contributed by atoms with van der Waals surface area (Å²) >= 11 is 0. The number of halogens is 1. The van der Waals surface area contributed by atoms with E-state index >= 15 is 0 Å². The number of furan rings is 1. The van der Waals surface area contributed by atoms with Crippen LogP contribution < -0.4 is 15.5 Å². The van der Waals surface area contributed by atoms with Crippen molar-refractivity contribution in [1.29, 1.82) is 0 Å². The predicted octanol–water partition coefficient (Wildman–Crippen LogP) is 2.34. The van der Waals surface area contributed by atoms with Crippen molar-refractivity contribution in [1.82, 2.24) is 25.1 Å². The van der Waals surface area contributed by atoms with E-state index in [1.54, 1.807) is 17.1 Å². The fourth-order valence-corrected chi connectivity index (χ4v) is 3.96. The maximum absolute atomic E-state index is 13.2. The molecular formula is C23H22FN7O3. The number of anilines is 2. The fraction of sp³-hybridized carbons (Fsp3) is 0.261. The normalized spacial score (nSPS) is 15.7. The number of nitrogens with zero attached hydrogens (tertiary/aromatic N) is 5. The van der Waals surface area contributed by atoms with Gasteiger partial charge in [0.2, 0.25) is 11.8 Å². The minimum atomic E-state index is -0.466. The molecule has 174 valence electrons. The Kier molecular flexibility index (Phi) is 5.90. The highest BCUT2D eigenvalue weighted by Gasteiger charge is 2.35. The molecule has 1 fully saturated rings. The second-order valence-corrected chi connectivity index (χ2v) is 7.93. The molecule has 0 saturated carbocycles. The zero-order valence-electron chi connectivity index (χ0n) is 18.1. The maximum Gasteiger partial charge on any atom is 0.227 e. The summed E-state index contributed by atoms with van der Waals surface area (Å²) in [5, 5.41) is 11.2. The van der Waals surface area contributed by atoms with Crippen LogP contribution in [0.4, 0.5) is 15.9 Å². The third-order valence-electron chi connectivity index (χ3n) is 5.70. The Morgan fingerprint density at radius 1 is 1.21 bits per heavy atom. The van der Waals surface area contributed by atoms with Crippen LogP contribution >= 0.6 is 0 Å². The molecule has 4 aromatic rings. The Balaban J connectivity index is 1.17. The summed E-state index contributed by atoms with van der Waals surface area (Å²) < 4.78 is 20.2. The lowest BCUT2D eigenvalue weighted by atomic mass is 10.1. The first-order chi connectivity index (χ1) is 16.6. The molecule has 1 aromatic carbocycles. The number of rotatable bonds is 8. The average molecular weight is 463 g/mol. The van der Waals surface area contributed by atoms with Crippen molar-refractivity contribution in [3.8, 4) is 0 Å². The van der Waals surface area contributed by atoms with Crippen molar-refractivity contribution in [2.75, 3.05) is 23.3 Å². The van der Waals surface area contributed by atoms with Gasteiger partial charge in [-0.2, -0.15) is 5.10 Å². The number of aromatic nitrogens is 4. The van der Waals surface area contributed by atoms with Gasteiger partial charge in [0.05, 0.1) is 36.9 Å². The number of hydrogen-bond acceptors (Lipinski definition) is 7. The molecule has 5 rings (SSSR count). The van der Waals surface area contributed by atoms with Crippen LogP contribution in [0.1, 0.15) is 12.2 Å². The number of hydrogen-bond donors (Lipinski definition) is 2. The molecule has 1 atom stereocenters. The summed E-state index contributed by atoms with van der Waals surface area (Å²) in [4.78, 5) is 35.1. The molecule has 11 heteroatoms. The summed E-state index contributed by atoms with van der Waals surface area (Å²) in [6.07, 6.45) is 4.86. The van der Waals surface area contributed by atoms with E-state index in [1.807, 2.05) is 12.1 Å². The predicted molar refractivity (Wildman–Crippen MR) is 121 cm³/mol. The van der Waals surface area contributed by atoms with Crippen molar-refractivity contribution in [3.05, 3.63) is 66.8 Å². The van der Waals surface area contributed by atoms with Gasteiger partial charge in [0, 0.05) is 25.2 Å². The Morgan fingerprint density at radius 3 is 2.85 bits per heavy atom. The van der Waals surface area contributed by atoms with Gasteiger partial charge in [0.25, 0.3) is 0 Å². The van der Waals surface area contributed by atoms with Crippen LogP contribution in [-0.2, 0) is 22.7 Å². The molecule has 2 N–H and O–H groups in total. The van der Waals surface area contributed by atoms with Crippen molar-refractivity contribution >= 4 is 34.4 Å². The smallest absolute Gasteiger partial charge is 0.227 e. The second-order valence-electron chi connectivity index (χ2n) is 7.93. The molecule has 0 bridgehead atoms. The number of fused-ring (bicyclic) bond motifs is 1. The number of benzene rings is 1.